The van der Waals surface area contributed by atoms with Crippen LogP contribution in [-0.2, 0) is 4.79 Å². The fourth-order valence-electron chi connectivity index (χ4n) is 2.69. The normalized spacial score (nSPS) is 25.0. The summed E-state index contributed by atoms with van der Waals surface area (Å²) in [6.07, 6.45) is 0.590. The van der Waals surface area contributed by atoms with Crippen LogP contribution >= 0.6 is 0 Å². The zero-order chi connectivity index (χ0) is 14.5. The lowest BCUT2D eigenvalue weighted by molar-refractivity contribution is -0.119. The van der Waals surface area contributed by atoms with Gasteiger partial charge in [-0.2, -0.15) is 0 Å². The molecule has 1 aromatic rings. The third-order valence-corrected chi connectivity index (χ3v) is 3.62. The Morgan fingerprint density at radius 3 is 2.75 bits per heavy atom. The van der Waals surface area contributed by atoms with Gasteiger partial charge in [-0.3, -0.25) is 4.79 Å². The van der Waals surface area contributed by atoms with Crippen molar-refractivity contribution in [3.63, 3.8) is 0 Å². The number of azide groups is 1. The maximum absolute atomic E-state index is 12.2. The molecule has 0 aliphatic heterocycles. The number of aliphatic hydroxyl groups excluding tert-OH is 1. The van der Waals surface area contributed by atoms with Crippen LogP contribution in [-0.4, -0.2) is 29.2 Å². The number of benzene rings is 1. The molecule has 20 heavy (non-hydrogen) atoms. The summed E-state index contributed by atoms with van der Waals surface area (Å²) in [6, 6.07) is 8.71. The number of carbonyl (C=O) groups excluding carboxylic acids is 1. The third-order valence-electron chi connectivity index (χ3n) is 3.62. The van der Waals surface area contributed by atoms with Crippen LogP contribution in [0, 0.1) is 0 Å². The zero-order valence-corrected chi connectivity index (χ0v) is 11.4. The predicted molar refractivity (Wildman–Crippen MR) is 76.2 cm³/mol. The number of anilines is 1. The van der Waals surface area contributed by atoms with Crippen molar-refractivity contribution < 1.29 is 9.90 Å². The molecule has 2 rings (SSSR count). The van der Waals surface area contributed by atoms with Gasteiger partial charge in [-0.25, -0.2) is 0 Å². The highest BCUT2D eigenvalue weighted by Gasteiger charge is 2.38. The first-order chi connectivity index (χ1) is 9.67. The van der Waals surface area contributed by atoms with Crippen molar-refractivity contribution in [2.24, 2.45) is 5.11 Å². The van der Waals surface area contributed by atoms with Gasteiger partial charge in [-0.05, 0) is 30.5 Å². The van der Waals surface area contributed by atoms with Crippen molar-refractivity contribution in [3.8, 4) is 0 Å². The molecule has 0 heterocycles. The highest BCUT2D eigenvalue weighted by Crippen LogP contribution is 2.31. The molecule has 0 aromatic heterocycles. The van der Waals surface area contributed by atoms with E-state index in [0.717, 1.165) is 5.69 Å². The number of rotatable bonds is 4. The molecule has 3 unspecified atom stereocenters. The van der Waals surface area contributed by atoms with E-state index in [1.165, 1.54) is 0 Å². The van der Waals surface area contributed by atoms with E-state index < -0.39 is 6.10 Å². The molecule has 6 nitrogen and oxygen atoms in total. The molecular formula is C14H18N4O2. The van der Waals surface area contributed by atoms with Crippen LogP contribution in [0.25, 0.3) is 10.4 Å². The van der Waals surface area contributed by atoms with Gasteiger partial charge in [0, 0.05) is 23.1 Å². The van der Waals surface area contributed by atoms with Crippen molar-refractivity contribution in [3.05, 3.63) is 40.8 Å². The number of hydrogen-bond donors (Lipinski definition) is 1. The van der Waals surface area contributed by atoms with Crippen LogP contribution in [0.15, 0.2) is 35.4 Å². The van der Waals surface area contributed by atoms with E-state index in [2.05, 4.69) is 10.0 Å². The fourth-order valence-corrected chi connectivity index (χ4v) is 2.69. The predicted octanol–water partition coefficient (Wildman–Crippen LogP) is 2.63. The van der Waals surface area contributed by atoms with Gasteiger partial charge in [0.05, 0.1) is 12.1 Å². The van der Waals surface area contributed by atoms with Crippen LogP contribution < -0.4 is 4.90 Å². The maximum Gasteiger partial charge on any atom is 0.227 e. The molecule has 1 N–H and O–H groups in total. The summed E-state index contributed by atoms with van der Waals surface area (Å²) < 4.78 is 0. The van der Waals surface area contributed by atoms with Gasteiger partial charge in [-0.1, -0.05) is 30.2 Å². The summed E-state index contributed by atoms with van der Waals surface area (Å²) in [6.45, 7) is 1.80. The summed E-state index contributed by atoms with van der Waals surface area (Å²) in [5.41, 5.74) is 9.27. The van der Waals surface area contributed by atoms with E-state index in [0.29, 0.717) is 19.3 Å². The van der Waals surface area contributed by atoms with Crippen LogP contribution in [0.5, 0.6) is 0 Å². The molecule has 0 radical (unpaired) electrons. The summed E-state index contributed by atoms with van der Waals surface area (Å²) in [4.78, 5) is 16.7. The highest BCUT2D eigenvalue weighted by atomic mass is 16.3. The minimum atomic E-state index is -0.666. The van der Waals surface area contributed by atoms with Gasteiger partial charge in [0.25, 0.3) is 0 Å². The van der Waals surface area contributed by atoms with Crippen LogP contribution in [0.2, 0.25) is 0 Å². The quantitative estimate of drug-likeness (QED) is 0.519. The monoisotopic (exact) mass is 274 g/mol. The molecule has 0 bridgehead atoms. The minimum Gasteiger partial charge on any atom is -0.391 e. The molecule has 3 atom stereocenters. The highest BCUT2D eigenvalue weighted by molar-refractivity contribution is 5.93. The molecule has 1 aliphatic carbocycles. The minimum absolute atomic E-state index is 0.0400. The second kappa shape index (κ2) is 6.41. The van der Waals surface area contributed by atoms with Gasteiger partial charge in [0.1, 0.15) is 0 Å². The molecule has 1 aliphatic rings. The lowest BCUT2D eigenvalue weighted by Gasteiger charge is -2.31. The fraction of sp³-hybridized carbons (Fsp3) is 0.500. The third kappa shape index (κ3) is 2.92. The van der Waals surface area contributed by atoms with Crippen molar-refractivity contribution >= 4 is 11.6 Å². The largest absolute Gasteiger partial charge is 0.391 e. The first kappa shape index (κ1) is 14.4. The van der Waals surface area contributed by atoms with Gasteiger partial charge in [-0.15, -0.1) is 0 Å². The van der Waals surface area contributed by atoms with Crippen LogP contribution in [0.1, 0.15) is 26.2 Å². The zero-order valence-electron chi connectivity index (χ0n) is 11.4. The lowest BCUT2D eigenvalue weighted by atomic mass is 10.1. The van der Waals surface area contributed by atoms with E-state index in [-0.39, 0.29) is 18.0 Å². The Labute approximate surface area is 117 Å². The Morgan fingerprint density at radius 1 is 1.45 bits per heavy atom. The van der Waals surface area contributed by atoms with E-state index in [4.69, 9.17) is 5.53 Å². The Balaban J connectivity index is 2.28. The van der Waals surface area contributed by atoms with E-state index in [1.54, 1.807) is 11.8 Å². The second-order valence-electron chi connectivity index (χ2n) is 4.92. The van der Waals surface area contributed by atoms with Crippen molar-refractivity contribution in [1.82, 2.24) is 0 Å². The van der Waals surface area contributed by atoms with Gasteiger partial charge in [0.15, 0.2) is 0 Å². The number of amides is 1. The number of para-hydroxylation sites is 1. The molecule has 106 valence electrons. The average Bonchev–Trinajstić information content (AvgIpc) is 2.81. The molecule has 1 fully saturated rings. The number of nitrogens with zero attached hydrogens (tertiary/aromatic N) is 4. The molecule has 0 spiro atoms. The summed E-state index contributed by atoms with van der Waals surface area (Å²) in [5, 5.41) is 13.9. The molecule has 6 heteroatoms. The van der Waals surface area contributed by atoms with E-state index >= 15 is 0 Å². The van der Waals surface area contributed by atoms with Gasteiger partial charge < -0.3 is 10.0 Å². The first-order valence-electron chi connectivity index (χ1n) is 6.76. The van der Waals surface area contributed by atoms with Gasteiger partial charge >= 0.3 is 0 Å². The molecule has 0 saturated heterocycles. The molecule has 1 saturated carbocycles. The van der Waals surface area contributed by atoms with Crippen molar-refractivity contribution in [1.29, 1.82) is 0 Å². The molecular weight excluding hydrogens is 256 g/mol. The lowest BCUT2D eigenvalue weighted by Crippen LogP contribution is -2.44. The second-order valence-corrected chi connectivity index (χ2v) is 4.92. The standard InChI is InChI=1S/C14H18N4O2/c1-2-14(20)18(11-6-4-3-5-7-11)12-8-10(16-17-15)9-13(12)19/h3-7,10,12-13,19H,2,8-9H2,1H3. The van der Waals surface area contributed by atoms with Crippen molar-refractivity contribution in [2.75, 3.05) is 4.90 Å². The Hall–Kier alpha value is -2.04. The first-order valence-corrected chi connectivity index (χ1v) is 6.76. The van der Waals surface area contributed by atoms with E-state index in [9.17, 15) is 9.90 Å². The summed E-state index contributed by atoms with van der Waals surface area (Å²) >= 11 is 0. The Kier molecular flexibility index (Phi) is 4.61. The smallest absolute Gasteiger partial charge is 0.227 e. The topological polar surface area (TPSA) is 89.3 Å². The molecule has 1 amide bonds. The molecule has 1 aromatic carbocycles. The number of carbonyl (C=O) groups is 1. The van der Waals surface area contributed by atoms with Gasteiger partial charge in [0.2, 0.25) is 5.91 Å². The number of aliphatic hydroxyl groups is 1. The summed E-state index contributed by atoms with van der Waals surface area (Å²) in [7, 11) is 0. The van der Waals surface area contributed by atoms with E-state index in [1.807, 2.05) is 30.3 Å². The Bertz CT molecular complexity index is 513. The Morgan fingerprint density at radius 2 is 2.15 bits per heavy atom. The summed E-state index contributed by atoms with van der Waals surface area (Å²) in [5.74, 6) is -0.0400. The van der Waals surface area contributed by atoms with Crippen LogP contribution in [0.3, 0.4) is 0 Å². The van der Waals surface area contributed by atoms with Crippen LogP contribution in [0.4, 0.5) is 5.69 Å². The van der Waals surface area contributed by atoms with Crippen molar-refractivity contribution in [2.45, 2.75) is 44.4 Å². The number of hydrogen-bond acceptors (Lipinski definition) is 3. The SMILES string of the molecule is CCC(=O)N(c1ccccc1)C1CC(N=[N+]=[N-])CC1O. The average molecular weight is 274 g/mol. The maximum atomic E-state index is 12.2.